The molecule has 0 radical (unpaired) electrons. The van der Waals surface area contributed by atoms with Gasteiger partial charge in [-0.15, -0.1) is 0 Å². The molecule has 31 heavy (non-hydrogen) atoms. The quantitative estimate of drug-likeness (QED) is 0.655. The Hall–Kier alpha value is -2.40. The highest BCUT2D eigenvalue weighted by atomic mass is 19.1. The van der Waals surface area contributed by atoms with Crippen molar-refractivity contribution in [2.75, 3.05) is 19.7 Å². The molecule has 1 saturated carbocycles. The fourth-order valence-electron chi connectivity index (χ4n) is 5.00. The van der Waals surface area contributed by atoms with Crippen LogP contribution in [0.15, 0.2) is 48.5 Å². The van der Waals surface area contributed by atoms with Gasteiger partial charge in [0, 0.05) is 31.7 Å². The number of rotatable bonds is 6. The molecule has 0 bridgehead atoms. The second kappa shape index (κ2) is 9.82. The maximum Gasteiger partial charge on any atom is 0.260 e. The fourth-order valence-corrected chi connectivity index (χ4v) is 5.00. The molecule has 0 spiro atoms. The first-order chi connectivity index (χ1) is 15.0. The Morgan fingerprint density at radius 3 is 2.45 bits per heavy atom. The van der Waals surface area contributed by atoms with Crippen LogP contribution in [0, 0.1) is 5.82 Å². The Morgan fingerprint density at radius 2 is 1.71 bits per heavy atom. The van der Waals surface area contributed by atoms with Gasteiger partial charge >= 0.3 is 0 Å². The van der Waals surface area contributed by atoms with Gasteiger partial charge in [0.15, 0.2) is 6.61 Å². The highest BCUT2D eigenvalue weighted by molar-refractivity contribution is 5.78. The van der Waals surface area contributed by atoms with Gasteiger partial charge in [-0.3, -0.25) is 9.69 Å². The predicted molar refractivity (Wildman–Crippen MR) is 121 cm³/mol. The van der Waals surface area contributed by atoms with Crippen LogP contribution in [0.25, 0.3) is 0 Å². The standard InChI is InChI=1S/C26H33FN2O2/c1-19-16-29(20(2)15-28(19)17-21-11-13-23(27)14-12-21)26(30)18-31-25-10-6-5-9-24(25)22-7-3-4-8-22/h5-6,9-14,19-20,22H,3-4,7-8,15-18H2,1-2H3/t19-,20+/m1/s1. The first-order valence-corrected chi connectivity index (χ1v) is 11.5. The van der Waals surface area contributed by atoms with E-state index in [4.69, 9.17) is 4.74 Å². The molecule has 2 fully saturated rings. The minimum atomic E-state index is -0.213. The molecule has 166 valence electrons. The maximum absolute atomic E-state index is 13.2. The molecule has 0 unspecified atom stereocenters. The lowest BCUT2D eigenvalue weighted by molar-refractivity contribution is -0.139. The average molecular weight is 425 g/mol. The van der Waals surface area contributed by atoms with E-state index in [0.717, 1.165) is 24.4 Å². The van der Waals surface area contributed by atoms with Crippen molar-refractivity contribution in [2.24, 2.45) is 0 Å². The summed E-state index contributed by atoms with van der Waals surface area (Å²) in [4.78, 5) is 17.3. The number of amides is 1. The summed E-state index contributed by atoms with van der Waals surface area (Å²) in [5.74, 6) is 1.25. The van der Waals surface area contributed by atoms with Crippen molar-refractivity contribution in [1.29, 1.82) is 0 Å². The molecular formula is C26H33FN2O2. The van der Waals surface area contributed by atoms with E-state index in [1.54, 1.807) is 0 Å². The molecular weight excluding hydrogens is 391 g/mol. The van der Waals surface area contributed by atoms with Crippen LogP contribution in [0.2, 0.25) is 0 Å². The van der Waals surface area contributed by atoms with Crippen molar-refractivity contribution in [1.82, 2.24) is 9.80 Å². The Morgan fingerprint density at radius 1 is 1.00 bits per heavy atom. The van der Waals surface area contributed by atoms with Gasteiger partial charge in [0.1, 0.15) is 11.6 Å². The summed E-state index contributed by atoms with van der Waals surface area (Å²) >= 11 is 0. The summed E-state index contributed by atoms with van der Waals surface area (Å²) in [7, 11) is 0. The summed E-state index contributed by atoms with van der Waals surface area (Å²) in [5, 5.41) is 0. The van der Waals surface area contributed by atoms with Crippen LogP contribution < -0.4 is 4.74 Å². The van der Waals surface area contributed by atoms with Gasteiger partial charge < -0.3 is 9.64 Å². The molecule has 2 aromatic rings. The van der Waals surface area contributed by atoms with Crippen molar-refractivity contribution in [2.45, 2.75) is 64.1 Å². The van der Waals surface area contributed by atoms with E-state index in [2.05, 4.69) is 30.9 Å². The van der Waals surface area contributed by atoms with E-state index in [9.17, 15) is 9.18 Å². The summed E-state index contributed by atoms with van der Waals surface area (Å²) in [6.07, 6.45) is 4.96. The number of carbonyl (C=O) groups is 1. The van der Waals surface area contributed by atoms with Gasteiger partial charge in [0.25, 0.3) is 5.91 Å². The second-order valence-electron chi connectivity index (χ2n) is 9.11. The number of hydrogen-bond donors (Lipinski definition) is 0. The van der Waals surface area contributed by atoms with E-state index < -0.39 is 0 Å². The van der Waals surface area contributed by atoms with E-state index >= 15 is 0 Å². The second-order valence-corrected chi connectivity index (χ2v) is 9.11. The summed E-state index contributed by atoms with van der Waals surface area (Å²) in [6, 6.07) is 15.2. The van der Waals surface area contributed by atoms with Crippen LogP contribution in [0.1, 0.15) is 56.6 Å². The zero-order valence-electron chi connectivity index (χ0n) is 18.6. The van der Waals surface area contributed by atoms with Crippen LogP contribution in [0.4, 0.5) is 4.39 Å². The minimum Gasteiger partial charge on any atom is -0.483 e. The van der Waals surface area contributed by atoms with Crippen molar-refractivity contribution in [3.63, 3.8) is 0 Å². The Bertz CT molecular complexity index is 879. The molecule has 2 atom stereocenters. The lowest BCUT2D eigenvalue weighted by Gasteiger charge is -2.44. The molecule has 1 aliphatic heterocycles. The van der Waals surface area contributed by atoms with E-state index in [1.807, 2.05) is 29.2 Å². The molecule has 2 aromatic carbocycles. The third-order valence-electron chi connectivity index (χ3n) is 6.80. The van der Waals surface area contributed by atoms with Crippen molar-refractivity contribution < 1.29 is 13.9 Å². The highest BCUT2D eigenvalue weighted by Crippen LogP contribution is 2.38. The molecule has 5 heteroatoms. The number of benzene rings is 2. The first-order valence-electron chi connectivity index (χ1n) is 11.5. The number of hydrogen-bond acceptors (Lipinski definition) is 3. The maximum atomic E-state index is 13.2. The molecule has 1 amide bonds. The van der Waals surface area contributed by atoms with Crippen molar-refractivity contribution in [3.8, 4) is 5.75 Å². The van der Waals surface area contributed by atoms with Gasteiger partial charge in [-0.2, -0.15) is 0 Å². The van der Waals surface area contributed by atoms with Crippen LogP contribution in [0.3, 0.4) is 0 Å². The van der Waals surface area contributed by atoms with Crippen LogP contribution in [0.5, 0.6) is 5.75 Å². The van der Waals surface area contributed by atoms with Gasteiger partial charge in [-0.05, 0) is 61.9 Å². The molecule has 2 aliphatic rings. The third-order valence-corrected chi connectivity index (χ3v) is 6.80. The molecule has 1 saturated heterocycles. The minimum absolute atomic E-state index is 0.0435. The van der Waals surface area contributed by atoms with Crippen molar-refractivity contribution in [3.05, 3.63) is 65.5 Å². The van der Waals surface area contributed by atoms with Gasteiger partial charge in [-0.25, -0.2) is 4.39 Å². The number of ether oxygens (including phenoxy) is 1. The lowest BCUT2D eigenvalue weighted by Crippen LogP contribution is -2.58. The monoisotopic (exact) mass is 424 g/mol. The van der Waals surface area contributed by atoms with Gasteiger partial charge in [-0.1, -0.05) is 43.2 Å². The molecule has 0 N–H and O–H groups in total. The highest BCUT2D eigenvalue weighted by Gasteiger charge is 2.32. The molecule has 0 aromatic heterocycles. The number of para-hydroxylation sites is 1. The molecule has 1 aliphatic carbocycles. The van der Waals surface area contributed by atoms with E-state index in [-0.39, 0.29) is 30.4 Å². The number of halogens is 1. The number of carbonyl (C=O) groups excluding carboxylic acids is 1. The fraction of sp³-hybridized carbons (Fsp3) is 0.500. The molecule has 1 heterocycles. The largest absolute Gasteiger partial charge is 0.483 e. The topological polar surface area (TPSA) is 32.8 Å². The normalized spacial score (nSPS) is 22.6. The van der Waals surface area contributed by atoms with E-state index in [0.29, 0.717) is 12.5 Å². The third kappa shape index (κ3) is 5.27. The van der Waals surface area contributed by atoms with Gasteiger partial charge in [0.2, 0.25) is 0 Å². The van der Waals surface area contributed by atoms with Gasteiger partial charge in [0.05, 0.1) is 0 Å². The van der Waals surface area contributed by atoms with E-state index in [1.165, 1.54) is 43.4 Å². The SMILES string of the molecule is C[C@@H]1CN(C(=O)COc2ccccc2C2CCCC2)[C@@H](C)CN1Cc1ccc(F)cc1. The number of piperazine rings is 1. The summed E-state index contributed by atoms with van der Waals surface area (Å²) in [5.41, 5.74) is 2.34. The lowest BCUT2D eigenvalue weighted by atomic mass is 9.97. The predicted octanol–water partition coefficient (Wildman–Crippen LogP) is 4.98. The zero-order valence-corrected chi connectivity index (χ0v) is 18.6. The smallest absolute Gasteiger partial charge is 0.260 e. The summed E-state index contributed by atoms with van der Waals surface area (Å²) in [6.45, 7) is 6.55. The zero-order chi connectivity index (χ0) is 21.8. The summed E-state index contributed by atoms with van der Waals surface area (Å²) < 4.78 is 19.2. The first kappa shape index (κ1) is 21.8. The average Bonchev–Trinajstić information content (AvgIpc) is 3.31. The van der Waals surface area contributed by atoms with Crippen LogP contribution >= 0.6 is 0 Å². The Balaban J connectivity index is 1.34. The van der Waals surface area contributed by atoms with Crippen LogP contribution in [-0.2, 0) is 11.3 Å². The van der Waals surface area contributed by atoms with Crippen molar-refractivity contribution >= 4 is 5.91 Å². The molecule has 4 rings (SSSR count). The van der Waals surface area contributed by atoms with Crippen LogP contribution in [-0.4, -0.2) is 47.5 Å². The Kier molecular flexibility index (Phi) is 6.91. The Labute approximate surface area is 185 Å². The number of nitrogens with zero attached hydrogens (tertiary/aromatic N) is 2. The molecule has 4 nitrogen and oxygen atoms in total.